The van der Waals surface area contributed by atoms with Crippen LogP contribution in [0.25, 0.3) is 11.0 Å². The second kappa shape index (κ2) is 4.09. The molecule has 0 saturated heterocycles. The van der Waals surface area contributed by atoms with Crippen LogP contribution in [0.15, 0.2) is 18.2 Å². The smallest absolute Gasteiger partial charge is 0.127 e. The highest BCUT2D eigenvalue weighted by Gasteiger charge is 2.34. The number of benzene rings is 1. The van der Waals surface area contributed by atoms with Crippen LogP contribution in [0.3, 0.4) is 0 Å². The maximum absolute atomic E-state index is 6.55. The minimum absolute atomic E-state index is 0.251. The Hall–Kier alpha value is -1.35. The van der Waals surface area contributed by atoms with Crippen LogP contribution < -0.4 is 5.73 Å². The Bertz CT molecular complexity index is 562. The van der Waals surface area contributed by atoms with Gasteiger partial charge in [0.25, 0.3) is 0 Å². The second-order valence-electron chi connectivity index (χ2n) is 5.94. The summed E-state index contributed by atoms with van der Waals surface area (Å²) >= 11 is 0. The number of fused-ring (bicyclic) bond motifs is 1. The third-order valence-electron chi connectivity index (χ3n) is 4.28. The summed E-state index contributed by atoms with van der Waals surface area (Å²) < 4.78 is 0. The van der Waals surface area contributed by atoms with Gasteiger partial charge >= 0.3 is 0 Å². The van der Waals surface area contributed by atoms with Crippen LogP contribution in [-0.2, 0) is 5.54 Å². The minimum atomic E-state index is -0.251. The quantitative estimate of drug-likeness (QED) is 0.808. The molecule has 0 aliphatic heterocycles. The molecule has 0 atom stereocenters. The summed E-state index contributed by atoms with van der Waals surface area (Å²) in [6, 6.07) is 6.30. The van der Waals surface area contributed by atoms with Crippen LogP contribution in [0.5, 0.6) is 0 Å². The zero-order valence-corrected chi connectivity index (χ0v) is 11.2. The molecule has 1 heterocycles. The van der Waals surface area contributed by atoms with Gasteiger partial charge in [-0.3, -0.25) is 0 Å². The van der Waals surface area contributed by atoms with Gasteiger partial charge in [0.15, 0.2) is 0 Å². The van der Waals surface area contributed by atoms with Crippen molar-refractivity contribution in [1.82, 2.24) is 9.97 Å². The monoisotopic (exact) mass is 243 g/mol. The Morgan fingerprint density at radius 2 is 2.06 bits per heavy atom. The van der Waals surface area contributed by atoms with Gasteiger partial charge < -0.3 is 10.7 Å². The molecule has 3 heteroatoms. The summed E-state index contributed by atoms with van der Waals surface area (Å²) in [5.41, 5.74) is 9.68. The van der Waals surface area contributed by atoms with E-state index in [-0.39, 0.29) is 5.54 Å². The van der Waals surface area contributed by atoms with E-state index in [9.17, 15) is 0 Å². The van der Waals surface area contributed by atoms with Crippen molar-refractivity contribution >= 4 is 11.0 Å². The fraction of sp³-hybridized carbons (Fsp3) is 0.533. The van der Waals surface area contributed by atoms with Crippen LogP contribution in [0.2, 0.25) is 0 Å². The Balaban J connectivity index is 1.98. The van der Waals surface area contributed by atoms with Crippen molar-refractivity contribution < 1.29 is 0 Å². The first-order chi connectivity index (χ1) is 8.57. The van der Waals surface area contributed by atoms with Crippen molar-refractivity contribution in [2.75, 3.05) is 0 Å². The standard InChI is InChI=1S/C15H21N3/c1-10-5-7-15(16,8-6-10)14-17-12-4-3-11(2)9-13(12)18-14/h3-4,9-10H,5-8,16H2,1-2H3,(H,17,18). The highest BCUT2D eigenvalue weighted by atomic mass is 15.0. The van der Waals surface area contributed by atoms with Crippen molar-refractivity contribution in [3.05, 3.63) is 29.6 Å². The largest absolute Gasteiger partial charge is 0.340 e. The van der Waals surface area contributed by atoms with Gasteiger partial charge in [-0.2, -0.15) is 0 Å². The number of nitrogens with one attached hydrogen (secondary N) is 1. The Morgan fingerprint density at radius 1 is 1.33 bits per heavy atom. The number of aromatic amines is 1. The Morgan fingerprint density at radius 3 is 2.78 bits per heavy atom. The maximum Gasteiger partial charge on any atom is 0.127 e. The zero-order valence-electron chi connectivity index (χ0n) is 11.2. The predicted octanol–water partition coefficient (Wildman–Crippen LogP) is 3.24. The molecule has 0 unspecified atom stereocenters. The molecule has 1 aliphatic rings. The van der Waals surface area contributed by atoms with E-state index >= 15 is 0 Å². The van der Waals surface area contributed by atoms with E-state index in [1.54, 1.807) is 0 Å². The van der Waals surface area contributed by atoms with E-state index in [2.05, 4.69) is 37.0 Å². The number of hydrogen-bond acceptors (Lipinski definition) is 2. The summed E-state index contributed by atoms with van der Waals surface area (Å²) in [5.74, 6) is 1.77. The molecule has 1 aliphatic carbocycles. The lowest BCUT2D eigenvalue weighted by molar-refractivity contribution is 0.238. The average molecular weight is 243 g/mol. The van der Waals surface area contributed by atoms with Gasteiger partial charge in [0, 0.05) is 0 Å². The van der Waals surface area contributed by atoms with Gasteiger partial charge in [-0.05, 0) is 56.2 Å². The van der Waals surface area contributed by atoms with Gasteiger partial charge in [0.05, 0.1) is 16.6 Å². The first kappa shape index (κ1) is 11.7. The SMILES string of the molecule is Cc1ccc2nc(C3(N)CCC(C)CC3)[nH]c2c1. The Labute approximate surface area is 108 Å². The number of aromatic nitrogens is 2. The van der Waals surface area contributed by atoms with E-state index in [1.165, 1.54) is 18.4 Å². The molecule has 1 aromatic carbocycles. The Kier molecular flexibility index (Phi) is 2.67. The van der Waals surface area contributed by atoms with E-state index in [1.807, 2.05) is 0 Å². The van der Waals surface area contributed by atoms with E-state index in [0.717, 1.165) is 35.6 Å². The van der Waals surface area contributed by atoms with Crippen LogP contribution in [0.4, 0.5) is 0 Å². The molecule has 3 N–H and O–H groups in total. The fourth-order valence-corrected chi connectivity index (χ4v) is 2.87. The molecule has 1 fully saturated rings. The van der Waals surface area contributed by atoms with E-state index in [4.69, 9.17) is 10.7 Å². The van der Waals surface area contributed by atoms with Crippen LogP contribution >= 0.6 is 0 Å². The highest BCUT2D eigenvalue weighted by molar-refractivity contribution is 5.76. The topological polar surface area (TPSA) is 54.7 Å². The maximum atomic E-state index is 6.55. The number of aryl methyl sites for hydroxylation is 1. The number of hydrogen-bond donors (Lipinski definition) is 2. The molecule has 1 aromatic heterocycles. The first-order valence-electron chi connectivity index (χ1n) is 6.82. The van der Waals surface area contributed by atoms with Crippen molar-refractivity contribution in [2.45, 2.75) is 45.1 Å². The molecule has 0 amide bonds. The molecule has 0 bridgehead atoms. The molecule has 3 rings (SSSR count). The van der Waals surface area contributed by atoms with Gasteiger partial charge in [-0.1, -0.05) is 13.0 Å². The van der Waals surface area contributed by atoms with Crippen LogP contribution in [0.1, 0.15) is 44.0 Å². The second-order valence-corrected chi connectivity index (χ2v) is 5.94. The van der Waals surface area contributed by atoms with Crippen LogP contribution in [0, 0.1) is 12.8 Å². The number of nitrogens with two attached hydrogens (primary N) is 1. The molecule has 18 heavy (non-hydrogen) atoms. The molecular weight excluding hydrogens is 222 g/mol. The van der Waals surface area contributed by atoms with Crippen molar-refractivity contribution in [3.63, 3.8) is 0 Å². The summed E-state index contributed by atoms with van der Waals surface area (Å²) in [6.07, 6.45) is 4.47. The molecule has 2 aromatic rings. The van der Waals surface area contributed by atoms with Gasteiger partial charge in [0.2, 0.25) is 0 Å². The molecule has 1 saturated carbocycles. The summed E-state index contributed by atoms with van der Waals surface area (Å²) in [6.45, 7) is 4.40. The number of nitrogens with zero attached hydrogens (tertiary/aromatic N) is 1. The minimum Gasteiger partial charge on any atom is -0.340 e. The lowest BCUT2D eigenvalue weighted by Crippen LogP contribution is -2.41. The average Bonchev–Trinajstić information content (AvgIpc) is 2.77. The van der Waals surface area contributed by atoms with E-state index < -0.39 is 0 Å². The van der Waals surface area contributed by atoms with E-state index in [0.29, 0.717) is 0 Å². The number of rotatable bonds is 1. The molecule has 0 spiro atoms. The zero-order chi connectivity index (χ0) is 12.8. The van der Waals surface area contributed by atoms with Gasteiger partial charge in [0.1, 0.15) is 5.82 Å². The number of imidazole rings is 1. The normalized spacial score (nSPS) is 28.7. The van der Waals surface area contributed by atoms with Crippen molar-refractivity contribution in [1.29, 1.82) is 0 Å². The lowest BCUT2D eigenvalue weighted by Gasteiger charge is -2.34. The third kappa shape index (κ3) is 1.93. The van der Waals surface area contributed by atoms with Crippen LogP contribution in [-0.4, -0.2) is 9.97 Å². The highest BCUT2D eigenvalue weighted by Crippen LogP contribution is 2.36. The van der Waals surface area contributed by atoms with Gasteiger partial charge in [-0.25, -0.2) is 4.98 Å². The lowest BCUT2D eigenvalue weighted by atomic mass is 9.77. The third-order valence-corrected chi connectivity index (χ3v) is 4.28. The molecular formula is C15H21N3. The predicted molar refractivity (Wildman–Crippen MR) is 74.3 cm³/mol. The number of H-pyrrole nitrogens is 1. The molecule has 3 nitrogen and oxygen atoms in total. The fourth-order valence-electron chi connectivity index (χ4n) is 2.87. The molecule has 0 radical (unpaired) electrons. The molecule has 96 valence electrons. The van der Waals surface area contributed by atoms with Crippen molar-refractivity contribution in [2.24, 2.45) is 11.7 Å². The van der Waals surface area contributed by atoms with Crippen molar-refractivity contribution in [3.8, 4) is 0 Å². The summed E-state index contributed by atoms with van der Waals surface area (Å²) in [7, 11) is 0. The summed E-state index contributed by atoms with van der Waals surface area (Å²) in [4.78, 5) is 8.12. The first-order valence-corrected chi connectivity index (χ1v) is 6.82. The summed E-state index contributed by atoms with van der Waals surface area (Å²) in [5, 5.41) is 0. The van der Waals surface area contributed by atoms with Gasteiger partial charge in [-0.15, -0.1) is 0 Å².